The summed E-state index contributed by atoms with van der Waals surface area (Å²) in [6, 6.07) is -0.350. The fraction of sp³-hybridized carbons (Fsp3) is 0.833. The number of aliphatic carboxylic acids is 1. The molecular weight excluding hydrogens is 238 g/mol. The molecule has 2 aliphatic rings. The Bertz CT molecular complexity index is 367. The van der Waals surface area contributed by atoms with Gasteiger partial charge in [0.05, 0.1) is 37.7 Å². The molecule has 1 aliphatic carbocycles. The molecule has 1 heterocycles. The summed E-state index contributed by atoms with van der Waals surface area (Å²) in [5, 5.41) is 18.3. The number of carbonyl (C=O) groups excluding carboxylic acids is 1. The van der Waals surface area contributed by atoms with Crippen molar-refractivity contribution in [3.8, 4) is 0 Å². The van der Waals surface area contributed by atoms with E-state index in [1.165, 1.54) is 0 Å². The molecule has 6 nitrogen and oxygen atoms in total. The average molecular weight is 257 g/mol. The fourth-order valence-corrected chi connectivity index (χ4v) is 2.83. The number of aliphatic hydroxyl groups is 1. The number of carbonyl (C=O) groups is 2. The molecule has 2 rings (SSSR count). The van der Waals surface area contributed by atoms with Gasteiger partial charge in [-0.3, -0.25) is 9.59 Å². The molecule has 3 atom stereocenters. The van der Waals surface area contributed by atoms with Gasteiger partial charge in [0.15, 0.2) is 0 Å². The number of hydrogen-bond donors (Lipinski definition) is 2. The van der Waals surface area contributed by atoms with E-state index in [0.717, 1.165) is 0 Å². The fourth-order valence-electron chi connectivity index (χ4n) is 2.83. The van der Waals surface area contributed by atoms with Crippen LogP contribution in [-0.4, -0.2) is 59.4 Å². The van der Waals surface area contributed by atoms with E-state index in [1.54, 1.807) is 18.7 Å². The van der Waals surface area contributed by atoms with E-state index in [1.807, 2.05) is 0 Å². The third kappa shape index (κ3) is 1.99. The Balaban J connectivity index is 2.10. The largest absolute Gasteiger partial charge is 0.481 e. The Hall–Kier alpha value is -1.14. The number of amides is 1. The smallest absolute Gasteiger partial charge is 0.307 e. The van der Waals surface area contributed by atoms with Crippen molar-refractivity contribution in [1.29, 1.82) is 0 Å². The molecule has 1 aliphatic heterocycles. The van der Waals surface area contributed by atoms with Crippen LogP contribution in [0, 0.1) is 17.3 Å². The monoisotopic (exact) mass is 257 g/mol. The Morgan fingerprint density at radius 2 is 2.06 bits per heavy atom. The number of aliphatic hydroxyl groups excluding tert-OH is 1. The molecule has 1 saturated carbocycles. The van der Waals surface area contributed by atoms with E-state index in [0.29, 0.717) is 19.8 Å². The van der Waals surface area contributed by atoms with Gasteiger partial charge in [0.25, 0.3) is 0 Å². The van der Waals surface area contributed by atoms with Crippen molar-refractivity contribution >= 4 is 11.9 Å². The highest BCUT2D eigenvalue weighted by Gasteiger charge is 2.66. The molecule has 2 fully saturated rings. The van der Waals surface area contributed by atoms with Crippen LogP contribution >= 0.6 is 0 Å². The van der Waals surface area contributed by atoms with Crippen molar-refractivity contribution in [2.45, 2.75) is 19.9 Å². The summed E-state index contributed by atoms with van der Waals surface area (Å²) in [7, 11) is 0. The predicted molar refractivity (Wildman–Crippen MR) is 61.8 cm³/mol. The second-order valence-electron chi connectivity index (χ2n) is 5.56. The normalized spacial score (nSPS) is 34.2. The van der Waals surface area contributed by atoms with Gasteiger partial charge in [-0.1, -0.05) is 13.8 Å². The van der Waals surface area contributed by atoms with E-state index < -0.39 is 23.2 Å². The highest BCUT2D eigenvalue weighted by Crippen LogP contribution is 2.59. The van der Waals surface area contributed by atoms with E-state index in [2.05, 4.69) is 0 Å². The summed E-state index contributed by atoms with van der Waals surface area (Å²) in [6.07, 6.45) is 0. The van der Waals surface area contributed by atoms with Gasteiger partial charge >= 0.3 is 5.97 Å². The molecule has 18 heavy (non-hydrogen) atoms. The third-order valence-electron chi connectivity index (χ3n) is 4.08. The van der Waals surface area contributed by atoms with Crippen LogP contribution in [0.15, 0.2) is 0 Å². The Kier molecular flexibility index (Phi) is 3.33. The van der Waals surface area contributed by atoms with Crippen LogP contribution in [0.25, 0.3) is 0 Å². The molecule has 0 radical (unpaired) electrons. The number of carboxylic acids is 1. The topological polar surface area (TPSA) is 87.1 Å². The standard InChI is InChI=1S/C12H19NO5/c1-12(2)8(9(12)11(16)17)10(15)13-3-4-18-6-7(13)5-14/h7-9,14H,3-6H2,1-2H3,(H,16,17). The molecule has 3 unspecified atom stereocenters. The lowest BCUT2D eigenvalue weighted by Gasteiger charge is -2.35. The first-order valence-corrected chi connectivity index (χ1v) is 6.13. The van der Waals surface area contributed by atoms with Gasteiger partial charge in [0.2, 0.25) is 5.91 Å². The first-order chi connectivity index (χ1) is 8.41. The van der Waals surface area contributed by atoms with Crippen LogP contribution in [0.2, 0.25) is 0 Å². The quantitative estimate of drug-likeness (QED) is 0.716. The Morgan fingerprint density at radius 3 is 2.56 bits per heavy atom. The second kappa shape index (κ2) is 4.51. The lowest BCUT2D eigenvalue weighted by Crippen LogP contribution is -2.51. The maximum absolute atomic E-state index is 12.4. The van der Waals surface area contributed by atoms with Gasteiger partial charge < -0.3 is 19.8 Å². The van der Waals surface area contributed by atoms with Gasteiger partial charge in [-0.2, -0.15) is 0 Å². The lowest BCUT2D eigenvalue weighted by atomic mass is 10.1. The van der Waals surface area contributed by atoms with Crippen LogP contribution < -0.4 is 0 Å². The number of nitrogens with zero attached hydrogens (tertiary/aromatic N) is 1. The summed E-state index contributed by atoms with van der Waals surface area (Å²) in [4.78, 5) is 25.0. The zero-order valence-corrected chi connectivity index (χ0v) is 10.6. The van der Waals surface area contributed by atoms with Crippen LogP contribution in [0.1, 0.15) is 13.8 Å². The van der Waals surface area contributed by atoms with Crippen molar-refractivity contribution in [2.75, 3.05) is 26.4 Å². The molecule has 0 spiro atoms. The lowest BCUT2D eigenvalue weighted by molar-refractivity contribution is -0.147. The SMILES string of the molecule is CC1(C)C(C(=O)O)C1C(=O)N1CCOCC1CO. The third-order valence-corrected chi connectivity index (χ3v) is 4.08. The molecule has 1 saturated heterocycles. The molecule has 0 aromatic rings. The van der Waals surface area contributed by atoms with Gasteiger partial charge in [-0.15, -0.1) is 0 Å². The van der Waals surface area contributed by atoms with E-state index in [4.69, 9.17) is 9.84 Å². The molecular formula is C12H19NO5. The number of ether oxygens (including phenoxy) is 1. The number of rotatable bonds is 3. The van der Waals surface area contributed by atoms with E-state index >= 15 is 0 Å². The van der Waals surface area contributed by atoms with Crippen molar-refractivity contribution < 1.29 is 24.5 Å². The highest BCUT2D eigenvalue weighted by atomic mass is 16.5. The summed E-state index contributed by atoms with van der Waals surface area (Å²) in [5.74, 6) is -2.20. The minimum Gasteiger partial charge on any atom is -0.481 e. The summed E-state index contributed by atoms with van der Waals surface area (Å²) in [6.45, 7) is 4.60. The molecule has 102 valence electrons. The van der Waals surface area contributed by atoms with Gasteiger partial charge in [-0.05, 0) is 5.41 Å². The summed E-state index contributed by atoms with van der Waals surface area (Å²) in [5.41, 5.74) is -0.499. The van der Waals surface area contributed by atoms with Crippen molar-refractivity contribution in [3.63, 3.8) is 0 Å². The van der Waals surface area contributed by atoms with Gasteiger partial charge in [0.1, 0.15) is 0 Å². The molecule has 0 bridgehead atoms. The van der Waals surface area contributed by atoms with Crippen LogP contribution in [0.5, 0.6) is 0 Å². The Labute approximate surface area is 106 Å². The molecule has 6 heteroatoms. The van der Waals surface area contributed by atoms with Crippen LogP contribution in [0.3, 0.4) is 0 Å². The van der Waals surface area contributed by atoms with Crippen LogP contribution in [0.4, 0.5) is 0 Å². The molecule has 1 amide bonds. The minimum atomic E-state index is -0.924. The highest BCUT2D eigenvalue weighted by molar-refractivity contribution is 5.91. The van der Waals surface area contributed by atoms with Crippen molar-refractivity contribution in [3.05, 3.63) is 0 Å². The molecule has 2 N–H and O–H groups in total. The first kappa shape index (κ1) is 13.3. The molecule has 0 aromatic carbocycles. The van der Waals surface area contributed by atoms with E-state index in [-0.39, 0.29) is 18.6 Å². The zero-order chi connectivity index (χ0) is 13.5. The number of carboxylic acid groups (broad SMARTS) is 1. The van der Waals surface area contributed by atoms with Crippen LogP contribution in [-0.2, 0) is 14.3 Å². The summed E-state index contributed by atoms with van der Waals surface area (Å²) < 4.78 is 5.21. The predicted octanol–water partition coefficient (Wildman–Crippen LogP) is -0.437. The summed E-state index contributed by atoms with van der Waals surface area (Å²) >= 11 is 0. The first-order valence-electron chi connectivity index (χ1n) is 6.13. The average Bonchev–Trinajstić information content (AvgIpc) is 2.91. The van der Waals surface area contributed by atoms with Gasteiger partial charge in [-0.25, -0.2) is 0 Å². The number of hydrogen-bond acceptors (Lipinski definition) is 4. The second-order valence-corrected chi connectivity index (χ2v) is 5.56. The van der Waals surface area contributed by atoms with Gasteiger partial charge in [0, 0.05) is 6.54 Å². The maximum Gasteiger partial charge on any atom is 0.307 e. The molecule has 0 aromatic heterocycles. The van der Waals surface area contributed by atoms with Crippen molar-refractivity contribution in [1.82, 2.24) is 4.90 Å². The number of morpholine rings is 1. The zero-order valence-electron chi connectivity index (χ0n) is 10.6. The maximum atomic E-state index is 12.4. The van der Waals surface area contributed by atoms with Crippen molar-refractivity contribution in [2.24, 2.45) is 17.3 Å². The Morgan fingerprint density at radius 1 is 1.39 bits per heavy atom. The minimum absolute atomic E-state index is 0.156. The van der Waals surface area contributed by atoms with E-state index in [9.17, 15) is 14.7 Å².